The number of rotatable bonds is 5. The van der Waals surface area contributed by atoms with Gasteiger partial charge < -0.3 is 14.9 Å². The Labute approximate surface area is 167 Å². The molecule has 0 saturated carbocycles. The zero-order valence-corrected chi connectivity index (χ0v) is 15.9. The lowest BCUT2D eigenvalue weighted by Crippen LogP contribution is -2.33. The maximum atomic E-state index is 11.1. The van der Waals surface area contributed by atoms with Gasteiger partial charge in [-0.25, -0.2) is 9.59 Å². The van der Waals surface area contributed by atoms with Gasteiger partial charge in [-0.15, -0.1) is 0 Å². The van der Waals surface area contributed by atoms with Crippen LogP contribution in [0.1, 0.15) is 16.7 Å². The summed E-state index contributed by atoms with van der Waals surface area (Å²) in [5, 5.41) is 25.8. The summed E-state index contributed by atoms with van der Waals surface area (Å²) >= 11 is 0. The lowest BCUT2D eigenvalue weighted by atomic mass is 10.0. The second-order valence-corrected chi connectivity index (χ2v) is 6.48. The Morgan fingerprint density at radius 1 is 1.14 bits per heavy atom. The van der Waals surface area contributed by atoms with Gasteiger partial charge in [0.2, 0.25) is 0 Å². The van der Waals surface area contributed by atoms with Gasteiger partial charge in [-0.2, -0.15) is 0 Å². The number of benzene rings is 2. The minimum atomic E-state index is -1.82. The summed E-state index contributed by atoms with van der Waals surface area (Å²) in [6, 6.07) is 13.4. The van der Waals surface area contributed by atoms with Crippen LogP contribution in [0.3, 0.4) is 0 Å². The summed E-state index contributed by atoms with van der Waals surface area (Å²) in [7, 11) is 0. The van der Waals surface area contributed by atoms with Crippen molar-refractivity contribution >= 4 is 17.6 Å². The molecule has 0 aliphatic carbocycles. The van der Waals surface area contributed by atoms with Crippen LogP contribution in [0.2, 0.25) is 0 Å². The third-order valence-corrected chi connectivity index (χ3v) is 4.37. The highest BCUT2D eigenvalue weighted by Gasteiger charge is 2.17. The van der Waals surface area contributed by atoms with Gasteiger partial charge in [-0.05, 0) is 36.1 Å². The first-order chi connectivity index (χ1) is 13.8. The van der Waals surface area contributed by atoms with E-state index in [4.69, 9.17) is 24.5 Å². The molecule has 0 saturated heterocycles. The Balaban J connectivity index is 0.000000438. The maximum Gasteiger partial charge on any atom is 0.414 e. The van der Waals surface area contributed by atoms with Crippen LogP contribution in [0, 0.1) is 17.0 Å². The van der Waals surface area contributed by atoms with Gasteiger partial charge in [0.1, 0.15) is 6.61 Å². The van der Waals surface area contributed by atoms with Crippen molar-refractivity contribution in [2.45, 2.75) is 19.9 Å². The Morgan fingerprint density at radius 2 is 1.79 bits per heavy atom. The van der Waals surface area contributed by atoms with E-state index in [1.807, 2.05) is 6.92 Å². The van der Waals surface area contributed by atoms with Crippen molar-refractivity contribution in [3.63, 3.8) is 0 Å². The molecule has 9 nitrogen and oxygen atoms in total. The molecule has 0 atom stereocenters. The second-order valence-electron chi connectivity index (χ2n) is 6.48. The minimum Gasteiger partial charge on any atom is -0.485 e. The minimum absolute atomic E-state index is 0.0274. The van der Waals surface area contributed by atoms with Gasteiger partial charge >= 0.3 is 17.6 Å². The fourth-order valence-corrected chi connectivity index (χ4v) is 2.92. The molecule has 2 aromatic rings. The number of hydrogen-bond donors (Lipinski definition) is 2. The number of nitro benzene ring substituents is 1. The molecular weight excluding hydrogens is 380 g/mol. The van der Waals surface area contributed by atoms with E-state index >= 15 is 0 Å². The van der Waals surface area contributed by atoms with Gasteiger partial charge in [-0.3, -0.25) is 15.0 Å². The van der Waals surface area contributed by atoms with Crippen molar-refractivity contribution in [2.24, 2.45) is 0 Å². The molecule has 154 valence electrons. The molecule has 29 heavy (non-hydrogen) atoms. The van der Waals surface area contributed by atoms with Crippen molar-refractivity contribution in [2.75, 3.05) is 19.7 Å². The van der Waals surface area contributed by atoms with Gasteiger partial charge in [0, 0.05) is 25.7 Å². The quantitative estimate of drug-likeness (QED) is 0.443. The van der Waals surface area contributed by atoms with Gasteiger partial charge in [0.05, 0.1) is 4.92 Å². The molecule has 1 aliphatic heterocycles. The van der Waals surface area contributed by atoms with Crippen LogP contribution in [0.25, 0.3) is 0 Å². The van der Waals surface area contributed by atoms with E-state index in [0.29, 0.717) is 12.4 Å². The topological polar surface area (TPSA) is 130 Å². The van der Waals surface area contributed by atoms with Gasteiger partial charge in [0.25, 0.3) is 0 Å². The molecule has 2 aromatic carbocycles. The zero-order chi connectivity index (χ0) is 21.4. The highest BCUT2D eigenvalue weighted by Crippen LogP contribution is 2.27. The van der Waals surface area contributed by atoms with Gasteiger partial charge in [-0.1, -0.05) is 30.3 Å². The standard InChI is InChI=1S/C18H20N2O3.C2H2O4/c1-14-6-7-17(20(21)22)18(12-14)23-11-10-19-9-8-15-4-2-3-5-16(15)13-19;3-1(4)2(5)6/h2-7,12H,8-11,13H2,1H3;(H,3,4)(H,5,6). The molecule has 0 amide bonds. The average Bonchev–Trinajstić information content (AvgIpc) is 2.68. The van der Waals surface area contributed by atoms with Crippen molar-refractivity contribution in [3.8, 4) is 5.75 Å². The molecule has 0 fully saturated rings. The number of carboxylic acids is 2. The number of fused-ring (bicyclic) bond motifs is 1. The Kier molecular flexibility index (Phi) is 7.67. The first kappa shape index (κ1) is 21.8. The first-order valence-corrected chi connectivity index (χ1v) is 8.91. The normalized spacial score (nSPS) is 12.9. The van der Waals surface area contributed by atoms with E-state index < -0.39 is 16.9 Å². The molecule has 1 heterocycles. The van der Waals surface area contributed by atoms with Crippen molar-refractivity contribution in [1.29, 1.82) is 0 Å². The summed E-state index contributed by atoms with van der Waals surface area (Å²) in [5.41, 5.74) is 3.76. The lowest BCUT2D eigenvalue weighted by molar-refractivity contribution is -0.385. The molecular formula is C20H22N2O7. The van der Waals surface area contributed by atoms with E-state index in [1.54, 1.807) is 12.1 Å². The number of nitro groups is 1. The lowest BCUT2D eigenvalue weighted by Gasteiger charge is -2.28. The van der Waals surface area contributed by atoms with Crippen LogP contribution < -0.4 is 4.74 Å². The Morgan fingerprint density at radius 3 is 2.41 bits per heavy atom. The third kappa shape index (κ3) is 6.58. The summed E-state index contributed by atoms with van der Waals surface area (Å²) in [4.78, 5) is 31.2. The van der Waals surface area contributed by atoms with Gasteiger partial charge in [0.15, 0.2) is 5.75 Å². The molecule has 0 unspecified atom stereocenters. The van der Waals surface area contributed by atoms with Crippen molar-refractivity contribution < 1.29 is 29.5 Å². The monoisotopic (exact) mass is 402 g/mol. The molecule has 0 radical (unpaired) electrons. The molecule has 3 rings (SSSR count). The number of nitrogens with zero attached hydrogens (tertiary/aromatic N) is 2. The molecule has 9 heteroatoms. The van der Waals surface area contributed by atoms with Crippen LogP contribution in [0.4, 0.5) is 5.69 Å². The molecule has 0 aromatic heterocycles. The zero-order valence-electron chi connectivity index (χ0n) is 15.9. The molecule has 2 N–H and O–H groups in total. The molecule has 0 bridgehead atoms. The van der Waals surface area contributed by atoms with Crippen LogP contribution in [0.15, 0.2) is 42.5 Å². The summed E-state index contributed by atoms with van der Waals surface area (Å²) in [6.07, 6.45) is 1.04. The number of carboxylic acid groups (broad SMARTS) is 2. The number of carbonyl (C=O) groups is 2. The number of aliphatic carboxylic acids is 2. The fraction of sp³-hybridized carbons (Fsp3) is 0.300. The molecule has 1 aliphatic rings. The van der Waals surface area contributed by atoms with Crippen LogP contribution in [-0.2, 0) is 22.6 Å². The summed E-state index contributed by atoms with van der Waals surface area (Å²) in [6.45, 7) is 5.02. The van der Waals surface area contributed by atoms with E-state index in [0.717, 1.165) is 31.6 Å². The smallest absolute Gasteiger partial charge is 0.414 e. The second kappa shape index (κ2) is 10.2. The van der Waals surface area contributed by atoms with E-state index in [1.165, 1.54) is 17.2 Å². The first-order valence-electron chi connectivity index (χ1n) is 8.91. The predicted molar refractivity (Wildman–Crippen MR) is 104 cm³/mol. The van der Waals surface area contributed by atoms with Crippen LogP contribution >= 0.6 is 0 Å². The average molecular weight is 402 g/mol. The van der Waals surface area contributed by atoms with E-state index in [-0.39, 0.29) is 5.69 Å². The van der Waals surface area contributed by atoms with Crippen molar-refractivity contribution in [1.82, 2.24) is 4.90 Å². The molecule has 0 spiro atoms. The fourth-order valence-electron chi connectivity index (χ4n) is 2.92. The van der Waals surface area contributed by atoms with Crippen molar-refractivity contribution in [3.05, 3.63) is 69.3 Å². The Bertz CT molecular complexity index is 886. The van der Waals surface area contributed by atoms with E-state index in [9.17, 15) is 10.1 Å². The number of aryl methyl sites for hydroxylation is 1. The highest BCUT2D eigenvalue weighted by atomic mass is 16.6. The van der Waals surface area contributed by atoms with Crippen LogP contribution in [0.5, 0.6) is 5.75 Å². The third-order valence-electron chi connectivity index (χ3n) is 4.37. The summed E-state index contributed by atoms with van der Waals surface area (Å²) in [5.74, 6) is -3.29. The predicted octanol–water partition coefficient (Wildman–Crippen LogP) is 2.50. The number of ether oxygens (including phenoxy) is 1. The number of hydrogen-bond acceptors (Lipinski definition) is 6. The Hall–Kier alpha value is -3.46. The van der Waals surface area contributed by atoms with Crippen LogP contribution in [-0.4, -0.2) is 51.7 Å². The largest absolute Gasteiger partial charge is 0.485 e. The highest BCUT2D eigenvalue weighted by molar-refractivity contribution is 6.27. The van der Waals surface area contributed by atoms with E-state index in [2.05, 4.69) is 29.2 Å². The summed E-state index contributed by atoms with van der Waals surface area (Å²) < 4.78 is 5.69. The maximum absolute atomic E-state index is 11.1. The SMILES string of the molecule is Cc1ccc([N+](=O)[O-])c(OCCN2CCc3ccccc3C2)c1.O=C(O)C(=O)O.